The lowest BCUT2D eigenvalue weighted by molar-refractivity contribution is 0.441. The third-order valence-corrected chi connectivity index (χ3v) is 4.20. The summed E-state index contributed by atoms with van der Waals surface area (Å²) >= 11 is 1.80. The molecule has 2 unspecified atom stereocenters. The van der Waals surface area contributed by atoms with E-state index in [1.807, 2.05) is 0 Å². The summed E-state index contributed by atoms with van der Waals surface area (Å²) in [6, 6.07) is 10.0. The summed E-state index contributed by atoms with van der Waals surface area (Å²) in [4.78, 5) is 1.34. The third-order valence-electron chi connectivity index (χ3n) is 3.46. The predicted molar refractivity (Wildman–Crippen MR) is 72.0 cm³/mol. The molecule has 1 aromatic carbocycles. The molecule has 1 N–H and O–H groups in total. The van der Waals surface area contributed by atoms with Crippen molar-refractivity contribution in [3.05, 3.63) is 29.8 Å². The van der Waals surface area contributed by atoms with Gasteiger partial charge >= 0.3 is 0 Å². The van der Waals surface area contributed by atoms with Crippen LogP contribution in [-0.4, -0.2) is 12.3 Å². The quantitative estimate of drug-likeness (QED) is 0.778. The molecule has 1 aromatic rings. The van der Waals surface area contributed by atoms with Crippen molar-refractivity contribution in [1.29, 1.82) is 0 Å². The molecule has 0 amide bonds. The minimum absolute atomic E-state index is 0.464. The highest BCUT2D eigenvalue weighted by atomic mass is 32.2. The Kier molecular flexibility index (Phi) is 3.93. The highest BCUT2D eigenvalue weighted by molar-refractivity contribution is 7.98. The highest BCUT2D eigenvalue weighted by Gasteiger charge is 2.28. The van der Waals surface area contributed by atoms with E-state index in [4.69, 9.17) is 0 Å². The van der Waals surface area contributed by atoms with Crippen LogP contribution < -0.4 is 5.32 Å². The summed E-state index contributed by atoms with van der Waals surface area (Å²) in [6.45, 7) is 4.57. The Hall–Kier alpha value is -0.470. The average Bonchev–Trinajstić information content (AvgIpc) is 3.13. The maximum atomic E-state index is 3.69. The van der Waals surface area contributed by atoms with Gasteiger partial charge in [0.15, 0.2) is 0 Å². The van der Waals surface area contributed by atoms with Crippen molar-refractivity contribution in [1.82, 2.24) is 5.32 Å². The summed E-state index contributed by atoms with van der Waals surface area (Å²) in [7, 11) is 0. The molecular weight excluding hydrogens is 214 g/mol. The van der Waals surface area contributed by atoms with E-state index in [0.717, 1.165) is 5.92 Å². The number of nitrogens with one attached hydrogen (secondary N) is 1. The van der Waals surface area contributed by atoms with Crippen molar-refractivity contribution >= 4 is 11.8 Å². The Bertz CT molecular complexity index is 329. The minimum Gasteiger partial charge on any atom is -0.307 e. The molecule has 1 aliphatic carbocycles. The molecule has 1 saturated carbocycles. The van der Waals surface area contributed by atoms with Crippen LogP contribution in [0, 0.1) is 5.92 Å². The van der Waals surface area contributed by atoms with Crippen LogP contribution in [0.2, 0.25) is 0 Å². The summed E-state index contributed by atoms with van der Waals surface area (Å²) in [5.41, 5.74) is 1.39. The van der Waals surface area contributed by atoms with Gasteiger partial charge in [0.05, 0.1) is 0 Å². The van der Waals surface area contributed by atoms with E-state index in [0.29, 0.717) is 12.1 Å². The normalized spacial score (nSPS) is 19.4. The van der Waals surface area contributed by atoms with Gasteiger partial charge < -0.3 is 5.32 Å². The van der Waals surface area contributed by atoms with Gasteiger partial charge in [-0.25, -0.2) is 0 Å². The third kappa shape index (κ3) is 3.02. The molecule has 1 nitrogen and oxygen atoms in total. The van der Waals surface area contributed by atoms with E-state index in [1.165, 1.54) is 23.3 Å². The molecule has 1 fully saturated rings. The smallest absolute Gasteiger partial charge is 0.0294 e. The highest BCUT2D eigenvalue weighted by Crippen LogP contribution is 2.33. The van der Waals surface area contributed by atoms with Gasteiger partial charge in [-0.3, -0.25) is 0 Å². The van der Waals surface area contributed by atoms with Gasteiger partial charge in [-0.15, -0.1) is 11.8 Å². The monoisotopic (exact) mass is 235 g/mol. The summed E-state index contributed by atoms with van der Waals surface area (Å²) in [5, 5.41) is 3.69. The average molecular weight is 235 g/mol. The topological polar surface area (TPSA) is 12.0 Å². The maximum Gasteiger partial charge on any atom is 0.0294 e. The first-order valence-electron chi connectivity index (χ1n) is 6.10. The first-order chi connectivity index (χ1) is 7.70. The van der Waals surface area contributed by atoms with E-state index in [-0.39, 0.29) is 0 Å². The summed E-state index contributed by atoms with van der Waals surface area (Å²) in [5.74, 6) is 0.924. The molecule has 0 heterocycles. The van der Waals surface area contributed by atoms with Crippen molar-refractivity contribution in [2.24, 2.45) is 5.92 Å². The van der Waals surface area contributed by atoms with Gasteiger partial charge in [-0.1, -0.05) is 12.1 Å². The second kappa shape index (κ2) is 5.24. The van der Waals surface area contributed by atoms with E-state index < -0.39 is 0 Å². The Morgan fingerprint density at radius 3 is 2.31 bits per heavy atom. The lowest BCUT2D eigenvalue weighted by atomic mass is 10.1. The van der Waals surface area contributed by atoms with Crippen LogP contribution in [0.4, 0.5) is 0 Å². The maximum absolute atomic E-state index is 3.69. The van der Waals surface area contributed by atoms with Crippen LogP contribution in [0.3, 0.4) is 0 Å². The first kappa shape index (κ1) is 12.0. The number of hydrogen-bond acceptors (Lipinski definition) is 2. The molecule has 2 heteroatoms. The van der Waals surface area contributed by atoms with Crippen LogP contribution in [0.25, 0.3) is 0 Å². The molecule has 88 valence electrons. The zero-order chi connectivity index (χ0) is 11.5. The van der Waals surface area contributed by atoms with Gasteiger partial charge in [0.25, 0.3) is 0 Å². The summed E-state index contributed by atoms with van der Waals surface area (Å²) in [6.07, 6.45) is 4.93. The van der Waals surface area contributed by atoms with Crippen molar-refractivity contribution in [2.45, 2.75) is 43.7 Å². The molecule has 2 rings (SSSR count). The summed E-state index contributed by atoms with van der Waals surface area (Å²) < 4.78 is 0. The molecule has 0 saturated heterocycles. The number of hydrogen-bond donors (Lipinski definition) is 1. The van der Waals surface area contributed by atoms with Crippen molar-refractivity contribution in [2.75, 3.05) is 6.26 Å². The minimum atomic E-state index is 0.464. The largest absolute Gasteiger partial charge is 0.307 e. The Morgan fingerprint density at radius 2 is 1.81 bits per heavy atom. The second-order valence-corrected chi connectivity index (χ2v) is 5.67. The zero-order valence-electron chi connectivity index (χ0n) is 10.4. The molecule has 0 bridgehead atoms. The van der Waals surface area contributed by atoms with E-state index in [9.17, 15) is 0 Å². The van der Waals surface area contributed by atoms with Gasteiger partial charge in [-0.2, -0.15) is 0 Å². The molecule has 1 aliphatic rings. The number of rotatable bonds is 5. The molecular formula is C14H21NS. The molecule has 16 heavy (non-hydrogen) atoms. The van der Waals surface area contributed by atoms with Gasteiger partial charge in [0, 0.05) is 17.0 Å². The fraction of sp³-hybridized carbons (Fsp3) is 0.571. The molecule has 0 spiro atoms. The predicted octanol–water partition coefficient (Wildman–Crippen LogP) is 3.86. The van der Waals surface area contributed by atoms with Crippen LogP contribution in [0.1, 0.15) is 38.3 Å². The van der Waals surface area contributed by atoms with Crippen LogP contribution in [0.5, 0.6) is 0 Å². The van der Waals surface area contributed by atoms with Crippen LogP contribution >= 0.6 is 11.8 Å². The lowest BCUT2D eigenvalue weighted by Gasteiger charge is -2.20. The lowest BCUT2D eigenvalue weighted by Crippen LogP contribution is -2.30. The van der Waals surface area contributed by atoms with Crippen molar-refractivity contribution in [3.63, 3.8) is 0 Å². The van der Waals surface area contributed by atoms with E-state index >= 15 is 0 Å². The van der Waals surface area contributed by atoms with Gasteiger partial charge in [-0.05, 0) is 56.6 Å². The molecule has 2 atom stereocenters. The van der Waals surface area contributed by atoms with Gasteiger partial charge in [0.2, 0.25) is 0 Å². The van der Waals surface area contributed by atoms with Crippen molar-refractivity contribution < 1.29 is 0 Å². The SMILES string of the molecule is CSc1ccc(C(C)NC(C)C2CC2)cc1. The van der Waals surface area contributed by atoms with Gasteiger partial charge in [0.1, 0.15) is 0 Å². The number of thioether (sulfide) groups is 1. The fourth-order valence-corrected chi connectivity index (χ4v) is 2.52. The Labute approximate surface area is 103 Å². The van der Waals surface area contributed by atoms with E-state index in [2.05, 4.69) is 49.7 Å². The van der Waals surface area contributed by atoms with Crippen LogP contribution in [-0.2, 0) is 0 Å². The molecule has 0 radical (unpaired) electrons. The standard InChI is InChI=1S/C14H21NS/c1-10(12-4-5-12)15-11(2)13-6-8-14(16-3)9-7-13/h6-12,15H,4-5H2,1-3H3. The second-order valence-electron chi connectivity index (χ2n) is 4.79. The van der Waals surface area contributed by atoms with Crippen molar-refractivity contribution in [3.8, 4) is 0 Å². The zero-order valence-corrected chi connectivity index (χ0v) is 11.2. The number of benzene rings is 1. The molecule has 0 aromatic heterocycles. The first-order valence-corrected chi connectivity index (χ1v) is 7.33. The van der Waals surface area contributed by atoms with E-state index in [1.54, 1.807) is 11.8 Å². The molecule has 0 aliphatic heterocycles. The van der Waals surface area contributed by atoms with Crippen LogP contribution in [0.15, 0.2) is 29.2 Å². The fourth-order valence-electron chi connectivity index (χ4n) is 2.12. The Morgan fingerprint density at radius 1 is 1.19 bits per heavy atom. The Balaban J connectivity index is 1.93.